The zero-order valence-electron chi connectivity index (χ0n) is 10.5. The van der Waals surface area contributed by atoms with Crippen molar-refractivity contribution in [3.8, 4) is 0 Å². The van der Waals surface area contributed by atoms with Crippen LogP contribution in [-0.2, 0) is 19.1 Å². The van der Waals surface area contributed by atoms with Crippen molar-refractivity contribution in [2.75, 3.05) is 5.32 Å². The monoisotopic (exact) mass is 305 g/mol. The number of alkyl halides is 3. The summed E-state index contributed by atoms with van der Waals surface area (Å²) in [6, 6.07) is 2.62. The summed E-state index contributed by atoms with van der Waals surface area (Å²) in [6.07, 6.45) is -3.88. The molecule has 1 aromatic carbocycles. The number of hydrogen-bond donors (Lipinski definition) is 1. The van der Waals surface area contributed by atoms with E-state index in [0.29, 0.717) is 17.6 Å². The molecule has 1 aromatic heterocycles. The molecule has 0 spiro atoms. The lowest BCUT2D eigenvalue weighted by molar-refractivity contribution is -0.138. The maximum Gasteiger partial charge on any atom is 0.416 e. The molecular formula is C12H11F4N3S. The third kappa shape index (κ3) is 3.44. The van der Waals surface area contributed by atoms with E-state index in [0.717, 1.165) is 17.1 Å². The van der Waals surface area contributed by atoms with Crippen LogP contribution in [0.25, 0.3) is 0 Å². The van der Waals surface area contributed by atoms with Gasteiger partial charge in [-0.25, -0.2) is 4.39 Å². The Labute approximate surface area is 116 Å². The molecule has 0 atom stereocenters. The van der Waals surface area contributed by atoms with Crippen molar-refractivity contribution < 1.29 is 17.6 Å². The number of rotatable bonds is 4. The van der Waals surface area contributed by atoms with Gasteiger partial charge in [-0.05, 0) is 24.1 Å². The molecule has 2 rings (SSSR count). The van der Waals surface area contributed by atoms with E-state index in [1.54, 1.807) is 0 Å². The molecule has 2 aromatic rings. The summed E-state index contributed by atoms with van der Waals surface area (Å²) in [7, 11) is 0. The first-order valence-electron chi connectivity index (χ1n) is 5.82. The fraction of sp³-hybridized carbons (Fsp3) is 0.333. The number of benzene rings is 1. The van der Waals surface area contributed by atoms with Gasteiger partial charge in [-0.3, -0.25) is 0 Å². The highest BCUT2D eigenvalue weighted by molar-refractivity contribution is 7.15. The number of halogens is 4. The van der Waals surface area contributed by atoms with Crippen molar-refractivity contribution in [3.63, 3.8) is 0 Å². The first-order chi connectivity index (χ1) is 9.40. The predicted molar refractivity (Wildman–Crippen MR) is 68.0 cm³/mol. The third-order valence-electron chi connectivity index (χ3n) is 2.58. The van der Waals surface area contributed by atoms with Gasteiger partial charge in [-0.15, -0.1) is 10.2 Å². The fourth-order valence-electron chi connectivity index (χ4n) is 1.61. The SMILES string of the molecule is CCc1nnc(NCc2ccc(F)cc2C(F)(F)F)s1. The van der Waals surface area contributed by atoms with E-state index in [2.05, 4.69) is 15.5 Å². The summed E-state index contributed by atoms with van der Waals surface area (Å²) in [4.78, 5) is 0. The fourth-order valence-corrected chi connectivity index (χ4v) is 2.28. The van der Waals surface area contributed by atoms with Gasteiger partial charge in [0.05, 0.1) is 5.56 Å². The summed E-state index contributed by atoms with van der Waals surface area (Å²) in [6.45, 7) is 1.82. The molecule has 3 nitrogen and oxygen atoms in total. The highest BCUT2D eigenvalue weighted by Gasteiger charge is 2.33. The molecule has 0 aliphatic rings. The van der Waals surface area contributed by atoms with Crippen LogP contribution >= 0.6 is 11.3 Å². The van der Waals surface area contributed by atoms with Crippen molar-refractivity contribution in [1.82, 2.24) is 10.2 Å². The summed E-state index contributed by atoms with van der Waals surface area (Å²) < 4.78 is 51.3. The van der Waals surface area contributed by atoms with E-state index in [9.17, 15) is 17.6 Å². The van der Waals surface area contributed by atoms with Gasteiger partial charge >= 0.3 is 6.18 Å². The first kappa shape index (κ1) is 14.7. The van der Waals surface area contributed by atoms with Gasteiger partial charge in [0.15, 0.2) is 0 Å². The van der Waals surface area contributed by atoms with Crippen LogP contribution in [0.5, 0.6) is 0 Å². The second-order valence-electron chi connectivity index (χ2n) is 4.01. The van der Waals surface area contributed by atoms with Gasteiger partial charge in [0.2, 0.25) is 5.13 Å². The largest absolute Gasteiger partial charge is 0.416 e. The minimum atomic E-state index is -4.59. The number of anilines is 1. The van der Waals surface area contributed by atoms with Crippen LogP contribution in [0, 0.1) is 5.82 Å². The average molecular weight is 305 g/mol. The van der Waals surface area contributed by atoms with Gasteiger partial charge in [0.1, 0.15) is 10.8 Å². The van der Waals surface area contributed by atoms with Crippen molar-refractivity contribution in [1.29, 1.82) is 0 Å². The Kier molecular flexibility index (Phi) is 4.22. The van der Waals surface area contributed by atoms with E-state index in [1.807, 2.05) is 6.92 Å². The predicted octanol–water partition coefficient (Wildman–Crippen LogP) is 3.87. The van der Waals surface area contributed by atoms with Crippen molar-refractivity contribution in [2.45, 2.75) is 26.1 Å². The van der Waals surface area contributed by atoms with Crippen LogP contribution in [0.3, 0.4) is 0 Å². The summed E-state index contributed by atoms with van der Waals surface area (Å²) in [5.41, 5.74) is -1.02. The van der Waals surface area contributed by atoms with Crippen LogP contribution in [0.4, 0.5) is 22.7 Å². The third-order valence-corrected chi connectivity index (χ3v) is 3.60. The second-order valence-corrected chi connectivity index (χ2v) is 5.07. The molecule has 8 heteroatoms. The minimum Gasteiger partial charge on any atom is -0.356 e. The molecule has 108 valence electrons. The van der Waals surface area contributed by atoms with E-state index >= 15 is 0 Å². The van der Waals surface area contributed by atoms with Crippen molar-refractivity contribution in [2.24, 2.45) is 0 Å². The Balaban J connectivity index is 2.17. The quantitative estimate of drug-likeness (QED) is 0.871. The standard InChI is InChI=1S/C12H11F4N3S/c1-2-10-18-19-11(20-10)17-6-7-3-4-8(13)5-9(7)12(14,15)16/h3-5H,2,6H2,1H3,(H,17,19). The Bertz CT molecular complexity index is 595. The zero-order valence-corrected chi connectivity index (χ0v) is 11.3. The first-order valence-corrected chi connectivity index (χ1v) is 6.63. The van der Waals surface area contributed by atoms with E-state index in [1.165, 1.54) is 11.3 Å². The molecule has 0 unspecified atom stereocenters. The molecule has 0 saturated carbocycles. The van der Waals surface area contributed by atoms with Crippen LogP contribution < -0.4 is 5.32 Å². The zero-order chi connectivity index (χ0) is 14.8. The van der Waals surface area contributed by atoms with E-state index in [-0.39, 0.29) is 12.1 Å². The summed E-state index contributed by atoms with van der Waals surface area (Å²) in [5, 5.41) is 11.7. The normalized spacial score (nSPS) is 11.7. The molecule has 1 heterocycles. The van der Waals surface area contributed by atoms with Crippen molar-refractivity contribution in [3.05, 3.63) is 40.2 Å². The molecule has 0 fully saturated rings. The second kappa shape index (κ2) is 5.74. The number of nitrogens with one attached hydrogen (secondary N) is 1. The Morgan fingerprint density at radius 2 is 2.00 bits per heavy atom. The molecule has 0 radical (unpaired) electrons. The Morgan fingerprint density at radius 3 is 2.60 bits per heavy atom. The molecule has 1 N–H and O–H groups in total. The molecule has 20 heavy (non-hydrogen) atoms. The number of hydrogen-bond acceptors (Lipinski definition) is 4. The highest BCUT2D eigenvalue weighted by atomic mass is 32.1. The Morgan fingerprint density at radius 1 is 1.25 bits per heavy atom. The van der Waals surface area contributed by atoms with E-state index in [4.69, 9.17) is 0 Å². The van der Waals surface area contributed by atoms with Crippen LogP contribution in [-0.4, -0.2) is 10.2 Å². The lowest BCUT2D eigenvalue weighted by Gasteiger charge is -2.13. The molecule has 0 aliphatic heterocycles. The maximum atomic E-state index is 12.9. The molecular weight excluding hydrogens is 294 g/mol. The number of aryl methyl sites for hydroxylation is 1. The summed E-state index contributed by atoms with van der Waals surface area (Å²) >= 11 is 1.28. The van der Waals surface area contributed by atoms with Crippen molar-refractivity contribution >= 4 is 16.5 Å². The highest BCUT2D eigenvalue weighted by Crippen LogP contribution is 2.33. The average Bonchev–Trinajstić information content (AvgIpc) is 2.84. The smallest absolute Gasteiger partial charge is 0.356 e. The van der Waals surface area contributed by atoms with Gasteiger partial charge in [0, 0.05) is 6.54 Å². The molecule has 0 amide bonds. The van der Waals surface area contributed by atoms with Gasteiger partial charge in [-0.2, -0.15) is 13.2 Å². The topological polar surface area (TPSA) is 37.8 Å². The maximum absolute atomic E-state index is 12.9. The van der Waals surface area contributed by atoms with Gasteiger partial charge in [0.25, 0.3) is 0 Å². The van der Waals surface area contributed by atoms with Crippen LogP contribution in [0.15, 0.2) is 18.2 Å². The number of aromatic nitrogens is 2. The van der Waals surface area contributed by atoms with Gasteiger partial charge in [-0.1, -0.05) is 24.3 Å². The Hall–Kier alpha value is -1.70. The number of nitrogens with zero attached hydrogens (tertiary/aromatic N) is 2. The molecule has 0 bridgehead atoms. The van der Waals surface area contributed by atoms with E-state index < -0.39 is 17.6 Å². The lowest BCUT2D eigenvalue weighted by Crippen LogP contribution is -2.12. The summed E-state index contributed by atoms with van der Waals surface area (Å²) in [5.74, 6) is -0.912. The lowest BCUT2D eigenvalue weighted by atomic mass is 10.1. The molecule has 0 saturated heterocycles. The van der Waals surface area contributed by atoms with Gasteiger partial charge < -0.3 is 5.32 Å². The molecule has 0 aliphatic carbocycles. The minimum absolute atomic E-state index is 0.0350. The van der Waals surface area contributed by atoms with Crippen LogP contribution in [0.2, 0.25) is 0 Å². The van der Waals surface area contributed by atoms with Crippen LogP contribution in [0.1, 0.15) is 23.1 Å².